The van der Waals surface area contributed by atoms with Crippen molar-refractivity contribution in [3.63, 3.8) is 0 Å². The molecule has 0 aliphatic heterocycles. The zero-order chi connectivity index (χ0) is 10.1. The van der Waals surface area contributed by atoms with Crippen LogP contribution in [0.4, 0.5) is 0 Å². The van der Waals surface area contributed by atoms with Gasteiger partial charge in [0, 0.05) is 6.72 Å². The van der Waals surface area contributed by atoms with E-state index in [4.69, 9.17) is 5.21 Å². The molecule has 0 saturated heterocycles. The van der Waals surface area contributed by atoms with E-state index in [-0.39, 0.29) is 0 Å². The van der Waals surface area contributed by atoms with Gasteiger partial charge in [-0.1, -0.05) is 36.8 Å². The van der Waals surface area contributed by atoms with Crippen LogP contribution in [-0.2, 0) is 0 Å². The van der Waals surface area contributed by atoms with Gasteiger partial charge in [-0.25, -0.2) is 0 Å². The minimum absolute atomic E-state index is 1.09. The van der Waals surface area contributed by atoms with Gasteiger partial charge in [-0.15, -0.1) is 5.16 Å². The molecule has 1 rings (SSSR count). The summed E-state index contributed by atoms with van der Waals surface area (Å²) < 4.78 is 0. The van der Waals surface area contributed by atoms with Crippen LogP contribution < -0.4 is 0 Å². The van der Waals surface area contributed by atoms with Gasteiger partial charge in [0.05, 0.1) is 0 Å². The standard InChI is InChI=1S/C10H14.CH3NO/c1-3-10-7-5-4-6-9(2)8-10;1-2-3/h5-8H,3-4H2,1-2H3;3H,1H2. The van der Waals surface area contributed by atoms with Crippen LogP contribution in [0.15, 0.2) is 40.6 Å². The fourth-order valence-corrected chi connectivity index (χ4v) is 1.09. The molecule has 0 fully saturated rings. The van der Waals surface area contributed by atoms with Crippen LogP contribution >= 0.6 is 0 Å². The van der Waals surface area contributed by atoms with Gasteiger partial charge in [-0.2, -0.15) is 0 Å². The molecule has 0 aromatic carbocycles. The van der Waals surface area contributed by atoms with Gasteiger partial charge in [0.25, 0.3) is 0 Å². The van der Waals surface area contributed by atoms with E-state index in [9.17, 15) is 0 Å². The fourth-order valence-electron chi connectivity index (χ4n) is 1.09. The molecular formula is C11H17NO. The van der Waals surface area contributed by atoms with E-state index < -0.39 is 0 Å². The van der Waals surface area contributed by atoms with E-state index in [0.717, 1.165) is 12.8 Å². The number of oxime groups is 1. The zero-order valence-corrected chi connectivity index (χ0v) is 8.33. The van der Waals surface area contributed by atoms with Crippen molar-refractivity contribution in [2.45, 2.75) is 26.7 Å². The average molecular weight is 179 g/mol. The van der Waals surface area contributed by atoms with Crippen LogP contribution in [0, 0.1) is 0 Å². The lowest BCUT2D eigenvalue weighted by molar-refractivity contribution is 0.323. The molecule has 72 valence electrons. The summed E-state index contributed by atoms with van der Waals surface area (Å²) in [5.41, 5.74) is 2.83. The summed E-state index contributed by atoms with van der Waals surface area (Å²) in [4.78, 5) is 0. The van der Waals surface area contributed by atoms with Gasteiger partial charge in [0.2, 0.25) is 0 Å². The predicted molar refractivity (Wildman–Crippen MR) is 57.2 cm³/mol. The van der Waals surface area contributed by atoms with Crippen LogP contribution in [0.25, 0.3) is 0 Å². The van der Waals surface area contributed by atoms with Gasteiger partial charge >= 0.3 is 0 Å². The Hall–Kier alpha value is -1.31. The Kier molecular flexibility index (Phi) is 6.60. The van der Waals surface area contributed by atoms with Crippen molar-refractivity contribution >= 4 is 6.72 Å². The largest absolute Gasteiger partial charge is 0.411 e. The molecule has 0 aromatic rings. The van der Waals surface area contributed by atoms with E-state index in [0.29, 0.717) is 0 Å². The van der Waals surface area contributed by atoms with Crippen molar-refractivity contribution in [2.24, 2.45) is 5.16 Å². The van der Waals surface area contributed by atoms with E-state index in [1.54, 1.807) is 0 Å². The Morgan fingerprint density at radius 3 is 2.77 bits per heavy atom. The molecular weight excluding hydrogens is 162 g/mol. The lowest BCUT2D eigenvalue weighted by atomic mass is 10.1. The first-order chi connectivity index (χ1) is 6.24. The molecule has 0 spiro atoms. The molecule has 13 heavy (non-hydrogen) atoms. The van der Waals surface area contributed by atoms with Gasteiger partial charge in [0.1, 0.15) is 0 Å². The molecule has 2 nitrogen and oxygen atoms in total. The monoisotopic (exact) mass is 179 g/mol. The SMILES string of the molecule is C=NO.CCC1=CC(C)=CCC=C1. The van der Waals surface area contributed by atoms with Crippen LogP contribution in [0.3, 0.4) is 0 Å². The number of rotatable bonds is 1. The molecule has 0 amide bonds. The molecule has 0 saturated carbocycles. The molecule has 0 radical (unpaired) electrons. The third kappa shape index (κ3) is 5.91. The minimum Gasteiger partial charge on any atom is -0.411 e. The van der Waals surface area contributed by atoms with Gasteiger partial charge in [-0.05, 0) is 25.3 Å². The van der Waals surface area contributed by atoms with Crippen LogP contribution in [0.5, 0.6) is 0 Å². The van der Waals surface area contributed by atoms with E-state index in [2.05, 4.69) is 50.0 Å². The molecule has 1 N–H and O–H groups in total. The second kappa shape index (κ2) is 7.35. The number of nitrogens with zero attached hydrogens (tertiary/aromatic N) is 1. The maximum Gasteiger partial charge on any atom is 0.0298 e. The van der Waals surface area contributed by atoms with Gasteiger partial charge in [0.15, 0.2) is 0 Å². The second-order valence-corrected chi connectivity index (χ2v) is 2.80. The van der Waals surface area contributed by atoms with Crippen molar-refractivity contribution in [2.75, 3.05) is 0 Å². The molecule has 2 heteroatoms. The second-order valence-electron chi connectivity index (χ2n) is 2.80. The van der Waals surface area contributed by atoms with Crippen molar-refractivity contribution in [3.05, 3.63) is 35.5 Å². The summed E-state index contributed by atoms with van der Waals surface area (Å²) in [6.07, 6.45) is 11.2. The zero-order valence-electron chi connectivity index (χ0n) is 8.33. The Morgan fingerprint density at radius 2 is 2.23 bits per heavy atom. The molecule has 0 bridgehead atoms. The van der Waals surface area contributed by atoms with E-state index >= 15 is 0 Å². The maximum absolute atomic E-state index is 7.08. The summed E-state index contributed by atoms with van der Waals surface area (Å²) in [6, 6.07) is 0. The number of hydrogen-bond donors (Lipinski definition) is 1. The lowest BCUT2D eigenvalue weighted by Gasteiger charge is -1.93. The highest BCUT2D eigenvalue weighted by Gasteiger charge is 1.91. The average Bonchev–Trinajstić information content (AvgIpc) is 2.31. The third-order valence-electron chi connectivity index (χ3n) is 1.73. The van der Waals surface area contributed by atoms with Crippen molar-refractivity contribution in [1.29, 1.82) is 0 Å². The van der Waals surface area contributed by atoms with Crippen LogP contribution in [0.2, 0.25) is 0 Å². The van der Waals surface area contributed by atoms with Crippen molar-refractivity contribution < 1.29 is 5.21 Å². The summed E-state index contributed by atoms with van der Waals surface area (Å²) in [5, 5.41) is 9.33. The Balaban J connectivity index is 0.000000424. The van der Waals surface area contributed by atoms with Crippen molar-refractivity contribution in [3.8, 4) is 0 Å². The third-order valence-corrected chi connectivity index (χ3v) is 1.73. The first-order valence-corrected chi connectivity index (χ1v) is 4.38. The minimum atomic E-state index is 1.09. The summed E-state index contributed by atoms with van der Waals surface area (Å²) in [7, 11) is 0. The number of allylic oxidation sites excluding steroid dienone is 6. The molecule has 1 aliphatic carbocycles. The smallest absolute Gasteiger partial charge is 0.0298 e. The summed E-state index contributed by atoms with van der Waals surface area (Å²) >= 11 is 0. The fraction of sp³-hybridized carbons (Fsp3) is 0.364. The van der Waals surface area contributed by atoms with Crippen LogP contribution in [-0.4, -0.2) is 11.9 Å². The molecule has 0 heterocycles. The molecule has 0 atom stereocenters. The van der Waals surface area contributed by atoms with Crippen LogP contribution in [0.1, 0.15) is 26.7 Å². The quantitative estimate of drug-likeness (QED) is 0.374. The number of hydrogen-bond acceptors (Lipinski definition) is 2. The van der Waals surface area contributed by atoms with Gasteiger partial charge in [-0.3, -0.25) is 0 Å². The molecule has 0 unspecified atom stereocenters. The first kappa shape index (κ1) is 11.7. The highest BCUT2D eigenvalue weighted by Crippen LogP contribution is 2.12. The highest BCUT2D eigenvalue weighted by atomic mass is 16.4. The van der Waals surface area contributed by atoms with E-state index in [1.165, 1.54) is 11.1 Å². The molecule has 0 aromatic heterocycles. The first-order valence-electron chi connectivity index (χ1n) is 4.38. The summed E-state index contributed by atoms with van der Waals surface area (Å²) in [5.74, 6) is 0. The topological polar surface area (TPSA) is 32.6 Å². The summed E-state index contributed by atoms with van der Waals surface area (Å²) in [6.45, 7) is 7.01. The van der Waals surface area contributed by atoms with Crippen molar-refractivity contribution in [1.82, 2.24) is 0 Å². The Bertz CT molecular complexity index is 236. The Morgan fingerprint density at radius 1 is 1.62 bits per heavy atom. The normalized spacial score (nSPS) is 14.6. The predicted octanol–water partition coefficient (Wildman–Crippen LogP) is 3.31. The van der Waals surface area contributed by atoms with E-state index in [1.807, 2.05) is 0 Å². The highest BCUT2D eigenvalue weighted by molar-refractivity contribution is 5.32. The molecule has 1 aliphatic rings. The Labute approximate surface area is 80.0 Å². The maximum atomic E-state index is 7.08. The lowest BCUT2D eigenvalue weighted by Crippen LogP contribution is -1.73. The van der Waals surface area contributed by atoms with Gasteiger partial charge < -0.3 is 5.21 Å².